The minimum Gasteiger partial charge on any atom is -0.340 e. The van der Waals surface area contributed by atoms with Crippen LogP contribution in [0.1, 0.15) is 16.7 Å². The monoisotopic (exact) mass is 381 g/mol. The van der Waals surface area contributed by atoms with Crippen LogP contribution in [-0.2, 0) is 0 Å². The summed E-state index contributed by atoms with van der Waals surface area (Å²) in [6.45, 7) is 4.06. The number of nitriles is 1. The average Bonchev–Trinajstić information content (AvgIpc) is 3.36. The summed E-state index contributed by atoms with van der Waals surface area (Å²) in [7, 11) is 0. The number of aryl methyl sites for hydroxylation is 2. The number of nitrogens with zero attached hydrogens (tertiary/aromatic N) is 7. The first kappa shape index (κ1) is 16.8. The van der Waals surface area contributed by atoms with Gasteiger partial charge in [-0.1, -0.05) is 18.2 Å². The van der Waals surface area contributed by atoms with Crippen molar-refractivity contribution < 1.29 is 0 Å². The number of nitrogens with one attached hydrogen (secondary N) is 2. The fraction of sp³-hybridized carbons (Fsp3) is 0.100. The van der Waals surface area contributed by atoms with Gasteiger partial charge in [0.05, 0.1) is 18.0 Å². The van der Waals surface area contributed by atoms with Gasteiger partial charge in [-0.15, -0.1) is 0 Å². The van der Waals surface area contributed by atoms with Crippen molar-refractivity contribution in [1.29, 1.82) is 5.26 Å². The van der Waals surface area contributed by atoms with E-state index in [0.29, 0.717) is 34.2 Å². The summed E-state index contributed by atoms with van der Waals surface area (Å²) in [5.41, 5.74) is 4.60. The van der Waals surface area contributed by atoms with Crippen molar-refractivity contribution >= 4 is 33.7 Å². The zero-order valence-corrected chi connectivity index (χ0v) is 15.7. The average molecular weight is 381 g/mol. The molecular formula is C20H15N9. The van der Waals surface area contributed by atoms with Crippen LogP contribution in [0.15, 0.2) is 43.1 Å². The van der Waals surface area contributed by atoms with E-state index in [9.17, 15) is 5.26 Å². The number of anilines is 2. The number of benzene rings is 1. The maximum Gasteiger partial charge on any atom is 0.182 e. The lowest BCUT2D eigenvalue weighted by Crippen LogP contribution is -2.07. The van der Waals surface area contributed by atoms with Gasteiger partial charge in [-0.05, 0) is 31.0 Å². The number of pyridine rings is 1. The summed E-state index contributed by atoms with van der Waals surface area (Å²) in [6.07, 6.45) is 4.47. The number of fused-ring (bicyclic) bond motifs is 2. The van der Waals surface area contributed by atoms with Gasteiger partial charge < -0.3 is 10.3 Å². The number of imidazole rings is 1. The number of para-hydroxylation sites is 1. The molecule has 0 fully saturated rings. The Morgan fingerprint density at radius 2 is 2.03 bits per heavy atom. The van der Waals surface area contributed by atoms with Crippen LogP contribution < -0.4 is 5.32 Å². The van der Waals surface area contributed by atoms with Gasteiger partial charge >= 0.3 is 0 Å². The van der Waals surface area contributed by atoms with E-state index in [1.54, 1.807) is 11.0 Å². The summed E-state index contributed by atoms with van der Waals surface area (Å²) in [6, 6.07) is 10.2. The van der Waals surface area contributed by atoms with Crippen LogP contribution in [0.25, 0.3) is 27.9 Å². The second kappa shape index (κ2) is 6.38. The molecule has 0 spiro atoms. The third-order valence-electron chi connectivity index (χ3n) is 4.80. The predicted octanol–water partition coefficient (Wildman–Crippen LogP) is 3.32. The largest absolute Gasteiger partial charge is 0.340 e. The second-order valence-corrected chi connectivity index (χ2v) is 6.65. The Morgan fingerprint density at radius 3 is 2.90 bits per heavy atom. The van der Waals surface area contributed by atoms with E-state index in [0.717, 1.165) is 22.0 Å². The predicted molar refractivity (Wildman–Crippen MR) is 108 cm³/mol. The van der Waals surface area contributed by atoms with E-state index in [-0.39, 0.29) is 0 Å². The standard InChI is InChI=1S/C20H15N9/c1-11-4-3-5-14-12(2)6-15(27-16(11)14)29-20(13(7-21)8-26-29)28-19-17-18(23-9-22-17)24-10-25-19/h3-6,8-10H,1-2H3,(H2,22,23,24,25,28). The van der Waals surface area contributed by atoms with Crippen molar-refractivity contribution in [2.24, 2.45) is 0 Å². The zero-order chi connectivity index (χ0) is 20.0. The van der Waals surface area contributed by atoms with Gasteiger partial charge in [-0.25, -0.2) is 19.9 Å². The molecule has 9 nitrogen and oxygen atoms in total. The van der Waals surface area contributed by atoms with Crippen molar-refractivity contribution in [3.63, 3.8) is 0 Å². The number of H-pyrrole nitrogens is 1. The molecule has 140 valence electrons. The molecule has 5 rings (SSSR count). The summed E-state index contributed by atoms with van der Waals surface area (Å²) < 4.78 is 1.61. The number of rotatable bonds is 3. The molecule has 0 amide bonds. The molecule has 0 atom stereocenters. The van der Waals surface area contributed by atoms with E-state index in [1.807, 2.05) is 38.1 Å². The first-order valence-electron chi connectivity index (χ1n) is 8.92. The molecule has 0 saturated heterocycles. The third kappa shape index (κ3) is 2.66. The lowest BCUT2D eigenvalue weighted by atomic mass is 10.1. The van der Waals surface area contributed by atoms with E-state index >= 15 is 0 Å². The maximum atomic E-state index is 9.58. The Bertz CT molecular complexity index is 1420. The molecule has 2 N–H and O–H groups in total. The summed E-state index contributed by atoms with van der Waals surface area (Å²) in [5, 5.41) is 18.3. The normalized spacial score (nSPS) is 11.1. The summed E-state index contributed by atoms with van der Waals surface area (Å²) in [4.78, 5) is 20.4. The molecule has 0 radical (unpaired) electrons. The highest BCUT2D eigenvalue weighted by Gasteiger charge is 2.17. The van der Waals surface area contributed by atoms with Gasteiger partial charge in [0.25, 0.3) is 0 Å². The molecule has 0 aliphatic heterocycles. The first-order chi connectivity index (χ1) is 14.2. The van der Waals surface area contributed by atoms with Crippen LogP contribution in [0.2, 0.25) is 0 Å². The summed E-state index contributed by atoms with van der Waals surface area (Å²) in [5.74, 6) is 1.59. The van der Waals surface area contributed by atoms with E-state index in [2.05, 4.69) is 36.4 Å². The molecule has 9 heteroatoms. The van der Waals surface area contributed by atoms with Gasteiger partial charge in [0, 0.05) is 5.39 Å². The van der Waals surface area contributed by atoms with Crippen LogP contribution in [-0.4, -0.2) is 34.7 Å². The Morgan fingerprint density at radius 1 is 1.14 bits per heavy atom. The van der Waals surface area contributed by atoms with Crippen LogP contribution in [0.5, 0.6) is 0 Å². The zero-order valence-electron chi connectivity index (χ0n) is 15.7. The third-order valence-corrected chi connectivity index (χ3v) is 4.80. The van der Waals surface area contributed by atoms with Crippen LogP contribution in [0.3, 0.4) is 0 Å². The molecule has 0 aliphatic carbocycles. The van der Waals surface area contributed by atoms with Crippen molar-refractivity contribution in [2.45, 2.75) is 13.8 Å². The molecule has 5 aromatic rings. The van der Waals surface area contributed by atoms with Crippen molar-refractivity contribution in [3.8, 4) is 11.9 Å². The van der Waals surface area contributed by atoms with E-state index in [1.165, 1.54) is 12.5 Å². The Kier molecular flexibility index (Phi) is 3.70. The molecule has 0 unspecified atom stereocenters. The molecule has 1 aromatic carbocycles. The lowest BCUT2D eigenvalue weighted by Gasteiger charge is -2.12. The fourth-order valence-electron chi connectivity index (χ4n) is 3.35. The number of hydrogen-bond acceptors (Lipinski definition) is 7. The first-order valence-corrected chi connectivity index (χ1v) is 8.92. The number of aromatic nitrogens is 7. The molecule has 29 heavy (non-hydrogen) atoms. The molecule has 4 heterocycles. The van der Waals surface area contributed by atoms with Gasteiger partial charge in [0.2, 0.25) is 0 Å². The van der Waals surface area contributed by atoms with Gasteiger partial charge in [0.15, 0.2) is 23.1 Å². The van der Waals surface area contributed by atoms with Crippen LogP contribution in [0, 0.1) is 25.2 Å². The molecule has 4 aromatic heterocycles. The van der Waals surface area contributed by atoms with Crippen molar-refractivity contribution in [2.75, 3.05) is 5.32 Å². The maximum absolute atomic E-state index is 9.58. The number of hydrogen-bond donors (Lipinski definition) is 2. The number of aromatic amines is 1. The van der Waals surface area contributed by atoms with Gasteiger partial charge in [-0.2, -0.15) is 15.0 Å². The van der Waals surface area contributed by atoms with Crippen LogP contribution >= 0.6 is 0 Å². The topological polar surface area (TPSA) is 121 Å². The second-order valence-electron chi connectivity index (χ2n) is 6.65. The van der Waals surface area contributed by atoms with E-state index < -0.39 is 0 Å². The van der Waals surface area contributed by atoms with Crippen molar-refractivity contribution in [3.05, 3.63) is 59.8 Å². The Labute approximate surface area is 165 Å². The molecule has 0 aliphatic rings. The molecule has 0 bridgehead atoms. The van der Waals surface area contributed by atoms with Gasteiger partial charge in [0.1, 0.15) is 23.5 Å². The quantitative estimate of drug-likeness (QED) is 0.492. The minimum atomic E-state index is 0.376. The fourth-order valence-corrected chi connectivity index (χ4v) is 3.35. The minimum absolute atomic E-state index is 0.376. The van der Waals surface area contributed by atoms with Crippen molar-refractivity contribution in [1.82, 2.24) is 34.7 Å². The van der Waals surface area contributed by atoms with Gasteiger partial charge in [-0.3, -0.25) is 0 Å². The molecule has 0 saturated carbocycles. The van der Waals surface area contributed by atoms with E-state index in [4.69, 9.17) is 4.98 Å². The lowest BCUT2D eigenvalue weighted by molar-refractivity contribution is 0.857. The van der Waals surface area contributed by atoms with Crippen LogP contribution in [0.4, 0.5) is 11.6 Å². The Hall–Kier alpha value is -4.32. The smallest absolute Gasteiger partial charge is 0.182 e. The highest BCUT2D eigenvalue weighted by atomic mass is 15.4. The highest BCUT2D eigenvalue weighted by molar-refractivity contribution is 5.87. The SMILES string of the molecule is Cc1cc(-n2ncc(C#N)c2Nc2ncnc3nc[nH]c23)nc2c(C)cccc12. The molecular weight excluding hydrogens is 366 g/mol. The Balaban J connectivity index is 1.69. The highest BCUT2D eigenvalue weighted by Crippen LogP contribution is 2.27. The summed E-state index contributed by atoms with van der Waals surface area (Å²) >= 11 is 0.